The molecule has 4 rings (SSSR count). The first kappa shape index (κ1) is 28.8. The molecule has 0 spiro atoms. The molecule has 14 heteroatoms. The van der Waals surface area contributed by atoms with Gasteiger partial charge >= 0.3 is 18.2 Å². The average molecular weight is 537 g/mol. The number of amides is 4. The molecule has 0 radical (unpaired) electrons. The molecule has 208 valence electrons. The van der Waals surface area contributed by atoms with Crippen LogP contribution in [0.2, 0.25) is 0 Å². The predicted molar refractivity (Wildman–Crippen MR) is 119 cm³/mol. The highest BCUT2D eigenvalue weighted by atomic mass is 19.4. The molecule has 10 nitrogen and oxygen atoms in total. The number of rotatable bonds is 10. The molecule has 4 aliphatic rings. The number of ether oxygens (including phenoxy) is 1. The van der Waals surface area contributed by atoms with E-state index in [1.807, 2.05) is 0 Å². The van der Waals surface area contributed by atoms with E-state index in [4.69, 9.17) is 0 Å². The van der Waals surface area contributed by atoms with E-state index in [-0.39, 0.29) is 32.1 Å². The summed E-state index contributed by atoms with van der Waals surface area (Å²) in [5, 5.41) is 9.69. The minimum Gasteiger partial charge on any atom is -0.356 e. The Morgan fingerprint density at radius 2 is 1.68 bits per heavy atom. The topological polar surface area (TPSA) is 143 Å². The van der Waals surface area contributed by atoms with Crippen molar-refractivity contribution in [3.05, 3.63) is 0 Å². The second-order valence-corrected chi connectivity index (χ2v) is 11.5. The van der Waals surface area contributed by atoms with E-state index < -0.39 is 77.0 Å². The number of carbonyl (C=O) groups excluding carboxylic acids is 5. The Hall–Kier alpha value is -2.77. The van der Waals surface area contributed by atoms with Gasteiger partial charge in [-0.3, -0.25) is 28.7 Å². The van der Waals surface area contributed by atoms with Gasteiger partial charge in [-0.05, 0) is 24.7 Å². The molecule has 1 aliphatic heterocycles. The van der Waals surface area contributed by atoms with Gasteiger partial charge in [0, 0.05) is 37.3 Å². The van der Waals surface area contributed by atoms with Crippen LogP contribution in [0.1, 0.15) is 59.3 Å². The van der Waals surface area contributed by atoms with Gasteiger partial charge in [0.25, 0.3) is 0 Å². The fourth-order valence-corrected chi connectivity index (χ4v) is 5.09. The number of hydrogen-bond acceptors (Lipinski definition) is 6. The molecule has 4 fully saturated rings. The van der Waals surface area contributed by atoms with E-state index in [0.29, 0.717) is 13.0 Å². The molecular weight excluding hydrogens is 504 g/mol. The quantitative estimate of drug-likeness (QED) is 0.240. The van der Waals surface area contributed by atoms with Gasteiger partial charge in [0.2, 0.25) is 11.8 Å². The molecule has 4 N–H and O–H groups in total. The molecule has 0 aromatic carbocycles. The highest BCUT2D eigenvalue weighted by Crippen LogP contribution is 2.62. The minimum atomic E-state index is -5.08. The molecule has 3 atom stereocenters. The lowest BCUT2D eigenvalue weighted by Gasteiger charge is -2.65. The Bertz CT molecular complexity index is 944. The summed E-state index contributed by atoms with van der Waals surface area (Å²) in [4.78, 5) is 62.6. The fourth-order valence-electron chi connectivity index (χ4n) is 5.09. The van der Waals surface area contributed by atoms with Crippen molar-refractivity contribution in [2.75, 3.05) is 13.2 Å². The van der Waals surface area contributed by atoms with Crippen LogP contribution >= 0.6 is 0 Å². The summed E-state index contributed by atoms with van der Waals surface area (Å²) in [5.74, 6) is -5.30. The van der Waals surface area contributed by atoms with E-state index >= 15 is 0 Å². The van der Waals surface area contributed by atoms with Crippen LogP contribution in [0.5, 0.6) is 0 Å². The van der Waals surface area contributed by atoms with Crippen LogP contribution in [0.4, 0.5) is 17.6 Å². The predicted octanol–water partition coefficient (Wildman–Crippen LogP) is 0.785. The SMILES string of the molecule is CC(C)(C)CC(NC(=O)C(=O)NC12CC(F)(C1)C2)C(=O)NC(C[C@@H]1CCNC1=O)C(=O)COC(F)(F)F. The average Bonchev–Trinajstić information content (AvgIpc) is 3.11. The number of alkyl halides is 4. The Kier molecular flexibility index (Phi) is 7.92. The lowest BCUT2D eigenvalue weighted by atomic mass is 9.47. The van der Waals surface area contributed by atoms with Crippen molar-refractivity contribution < 1.29 is 46.3 Å². The first-order valence-corrected chi connectivity index (χ1v) is 12.0. The molecule has 0 aromatic heterocycles. The van der Waals surface area contributed by atoms with Crippen molar-refractivity contribution in [3.8, 4) is 0 Å². The van der Waals surface area contributed by atoms with Crippen molar-refractivity contribution in [1.82, 2.24) is 21.3 Å². The van der Waals surface area contributed by atoms with Gasteiger partial charge in [0.15, 0.2) is 5.78 Å². The molecule has 2 bridgehead atoms. The Labute approximate surface area is 211 Å². The van der Waals surface area contributed by atoms with Crippen LogP contribution in [0, 0.1) is 11.3 Å². The van der Waals surface area contributed by atoms with Crippen LogP contribution in [0.25, 0.3) is 0 Å². The third-order valence-corrected chi connectivity index (χ3v) is 6.76. The minimum absolute atomic E-state index is 0.0143. The molecule has 4 amide bonds. The number of hydrogen-bond donors (Lipinski definition) is 4. The molecule has 3 aliphatic carbocycles. The van der Waals surface area contributed by atoms with Gasteiger partial charge in [0.05, 0.1) is 6.04 Å². The zero-order chi connectivity index (χ0) is 27.8. The lowest BCUT2D eigenvalue weighted by molar-refractivity contribution is -0.321. The molecule has 37 heavy (non-hydrogen) atoms. The molecule has 3 saturated carbocycles. The lowest BCUT2D eigenvalue weighted by Crippen LogP contribution is -2.77. The second-order valence-electron chi connectivity index (χ2n) is 11.5. The molecular formula is C23H32F4N4O6. The van der Waals surface area contributed by atoms with Crippen molar-refractivity contribution in [2.45, 2.75) is 88.9 Å². The Morgan fingerprint density at radius 3 is 2.16 bits per heavy atom. The third kappa shape index (κ3) is 7.62. The summed E-state index contributed by atoms with van der Waals surface area (Å²) in [6, 6.07) is -2.83. The van der Waals surface area contributed by atoms with E-state index in [9.17, 15) is 41.5 Å². The normalized spacial score (nSPS) is 28.2. The maximum Gasteiger partial charge on any atom is 0.522 e. The van der Waals surface area contributed by atoms with Crippen molar-refractivity contribution in [2.24, 2.45) is 11.3 Å². The van der Waals surface area contributed by atoms with E-state index in [0.717, 1.165) is 0 Å². The summed E-state index contributed by atoms with van der Waals surface area (Å²) in [6.07, 6.45) is -4.66. The van der Waals surface area contributed by atoms with E-state index in [2.05, 4.69) is 26.0 Å². The maximum absolute atomic E-state index is 13.7. The highest BCUT2D eigenvalue weighted by Gasteiger charge is 2.70. The van der Waals surface area contributed by atoms with Crippen LogP contribution in [0.3, 0.4) is 0 Å². The summed E-state index contributed by atoms with van der Waals surface area (Å²) in [5.41, 5.74) is -2.61. The van der Waals surface area contributed by atoms with Gasteiger partial charge in [0.1, 0.15) is 18.3 Å². The van der Waals surface area contributed by atoms with Gasteiger partial charge in [-0.25, -0.2) is 4.39 Å². The van der Waals surface area contributed by atoms with Gasteiger partial charge in [-0.15, -0.1) is 13.2 Å². The highest BCUT2D eigenvalue weighted by molar-refractivity contribution is 6.35. The molecule has 1 saturated heterocycles. The number of halogens is 4. The Balaban J connectivity index is 1.68. The Morgan fingerprint density at radius 1 is 1.05 bits per heavy atom. The first-order chi connectivity index (χ1) is 16.9. The largest absolute Gasteiger partial charge is 0.522 e. The number of ketones is 1. The van der Waals surface area contributed by atoms with E-state index in [1.165, 1.54) is 0 Å². The standard InChI is InChI=1S/C23H32F4N4O6/c1-20(2,3)7-14(30-18(35)19(36)31-22-9-21(24,10-22)11-22)17(34)29-13(6-12-4-5-28-16(12)33)15(32)8-37-23(25,26)27/h12-14H,4-11H2,1-3H3,(H,28,33)(H,29,34)(H,30,35)(H,31,36)/t12-,13?,14?,21?,22?/m0/s1. The number of Topliss-reactive ketones (excluding diaryl/α,β-unsaturated/α-hetero) is 1. The number of nitrogens with one attached hydrogen (secondary N) is 4. The van der Waals surface area contributed by atoms with Crippen molar-refractivity contribution in [3.63, 3.8) is 0 Å². The van der Waals surface area contributed by atoms with Crippen molar-refractivity contribution >= 4 is 29.4 Å². The smallest absolute Gasteiger partial charge is 0.356 e. The van der Waals surface area contributed by atoms with E-state index in [1.54, 1.807) is 20.8 Å². The van der Waals surface area contributed by atoms with Crippen LogP contribution < -0.4 is 21.3 Å². The first-order valence-electron chi connectivity index (χ1n) is 12.0. The second kappa shape index (κ2) is 10.2. The van der Waals surface area contributed by atoms with Gasteiger partial charge in [-0.2, -0.15) is 0 Å². The third-order valence-electron chi connectivity index (χ3n) is 6.76. The van der Waals surface area contributed by atoms with Crippen LogP contribution in [-0.2, 0) is 28.7 Å². The van der Waals surface area contributed by atoms with Crippen LogP contribution in [0.15, 0.2) is 0 Å². The zero-order valence-corrected chi connectivity index (χ0v) is 20.9. The molecule has 0 aromatic rings. The monoisotopic (exact) mass is 536 g/mol. The maximum atomic E-state index is 13.7. The summed E-state index contributed by atoms with van der Waals surface area (Å²) in [7, 11) is 0. The van der Waals surface area contributed by atoms with Gasteiger partial charge < -0.3 is 21.3 Å². The fraction of sp³-hybridized carbons (Fsp3) is 0.783. The van der Waals surface area contributed by atoms with Crippen molar-refractivity contribution in [1.29, 1.82) is 0 Å². The van der Waals surface area contributed by atoms with Gasteiger partial charge in [-0.1, -0.05) is 20.8 Å². The molecule has 1 heterocycles. The summed E-state index contributed by atoms with van der Waals surface area (Å²) in [6.45, 7) is 4.21. The summed E-state index contributed by atoms with van der Waals surface area (Å²) < 4.78 is 54.8. The zero-order valence-electron chi connectivity index (χ0n) is 20.9. The molecule has 2 unspecified atom stereocenters. The van der Waals surface area contributed by atoms with Crippen LogP contribution in [-0.4, -0.2) is 72.2 Å². The number of carbonyl (C=O) groups is 5. The summed E-state index contributed by atoms with van der Waals surface area (Å²) >= 11 is 0.